The first-order chi connectivity index (χ1) is 14.2. The zero-order valence-corrected chi connectivity index (χ0v) is 16.1. The van der Waals surface area contributed by atoms with Crippen molar-refractivity contribution in [1.82, 2.24) is 9.97 Å². The Bertz CT molecular complexity index is 989. The van der Waals surface area contributed by atoms with Gasteiger partial charge in [0.05, 0.1) is 26.5 Å². The van der Waals surface area contributed by atoms with Crippen LogP contribution in [0.1, 0.15) is 11.1 Å². The van der Waals surface area contributed by atoms with Crippen molar-refractivity contribution >= 4 is 11.5 Å². The summed E-state index contributed by atoms with van der Waals surface area (Å²) >= 11 is 0. The van der Waals surface area contributed by atoms with Gasteiger partial charge in [-0.2, -0.15) is 0 Å². The van der Waals surface area contributed by atoms with E-state index in [0.29, 0.717) is 23.8 Å². The average Bonchev–Trinajstić information content (AvgIpc) is 2.77. The lowest BCUT2D eigenvalue weighted by Gasteiger charge is -2.12. The standard InChI is InChI=1S/C22H20N2O5/c1-26-14-18(22(25)27-2)17-10-6-7-11-19(17)29-21-12-20(23-15-24-21)28-13-16-8-4-3-5-9-16/h3-12,14-15H,13H2,1-2H3. The lowest BCUT2D eigenvalue weighted by atomic mass is 10.1. The summed E-state index contributed by atoms with van der Waals surface area (Å²) in [7, 11) is 2.75. The molecule has 0 aliphatic carbocycles. The normalized spacial score (nSPS) is 10.9. The van der Waals surface area contributed by atoms with Crippen LogP contribution >= 0.6 is 0 Å². The number of methoxy groups -OCH3 is 2. The number of rotatable bonds is 8. The summed E-state index contributed by atoms with van der Waals surface area (Å²) in [6, 6.07) is 18.3. The summed E-state index contributed by atoms with van der Waals surface area (Å²) in [5, 5.41) is 0. The number of aromatic nitrogens is 2. The third kappa shape index (κ3) is 5.32. The van der Waals surface area contributed by atoms with Crippen LogP contribution in [-0.2, 0) is 20.9 Å². The molecule has 0 fully saturated rings. The fraction of sp³-hybridized carbons (Fsp3) is 0.136. The van der Waals surface area contributed by atoms with Gasteiger partial charge < -0.3 is 18.9 Å². The highest BCUT2D eigenvalue weighted by Gasteiger charge is 2.18. The highest BCUT2D eigenvalue weighted by molar-refractivity contribution is 6.17. The minimum Gasteiger partial charge on any atom is -0.503 e. The number of ether oxygens (including phenoxy) is 4. The van der Waals surface area contributed by atoms with Crippen molar-refractivity contribution < 1.29 is 23.7 Å². The molecule has 3 rings (SSSR count). The number of para-hydroxylation sites is 1. The van der Waals surface area contributed by atoms with Gasteiger partial charge in [-0.15, -0.1) is 0 Å². The van der Waals surface area contributed by atoms with Gasteiger partial charge in [-0.1, -0.05) is 48.5 Å². The Morgan fingerprint density at radius 2 is 1.69 bits per heavy atom. The number of esters is 1. The first-order valence-electron chi connectivity index (χ1n) is 8.78. The topological polar surface area (TPSA) is 79.8 Å². The Morgan fingerprint density at radius 1 is 0.966 bits per heavy atom. The van der Waals surface area contributed by atoms with Gasteiger partial charge in [-0.3, -0.25) is 0 Å². The summed E-state index contributed by atoms with van der Waals surface area (Å²) < 4.78 is 21.4. The van der Waals surface area contributed by atoms with E-state index in [4.69, 9.17) is 18.9 Å². The molecule has 0 aliphatic heterocycles. The van der Waals surface area contributed by atoms with Crippen LogP contribution in [0.5, 0.6) is 17.5 Å². The molecular weight excluding hydrogens is 372 g/mol. The second-order valence-electron chi connectivity index (χ2n) is 5.83. The first-order valence-corrected chi connectivity index (χ1v) is 8.78. The fourth-order valence-electron chi connectivity index (χ4n) is 2.53. The Kier molecular flexibility index (Phi) is 6.78. The second kappa shape index (κ2) is 9.89. The molecule has 0 radical (unpaired) electrons. The summed E-state index contributed by atoms with van der Waals surface area (Å²) in [5.74, 6) is 0.514. The van der Waals surface area contributed by atoms with Gasteiger partial charge in [-0.05, 0) is 11.6 Å². The van der Waals surface area contributed by atoms with Gasteiger partial charge in [0.2, 0.25) is 11.8 Å². The van der Waals surface area contributed by atoms with Crippen molar-refractivity contribution in [3.63, 3.8) is 0 Å². The molecule has 0 bridgehead atoms. The first kappa shape index (κ1) is 19.9. The molecule has 7 heteroatoms. The lowest BCUT2D eigenvalue weighted by Crippen LogP contribution is -2.06. The van der Waals surface area contributed by atoms with E-state index < -0.39 is 5.97 Å². The molecule has 0 N–H and O–H groups in total. The Labute approximate surface area is 168 Å². The van der Waals surface area contributed by atoms with Gasteiger partial charge in [0.15, 0.2) is 0 Å². The molecule has 0 saturated carbocycles. The second-order valence-corrected chi connectivity index (χ2v) is 5.83. The van der Waals surface area contributed by atoms with Crippen LogP contribution < -0.4 is 9.47 Å². The molecule has 0 saturated heterocycles. The molecule has 0 aliphatic rings. The highest BCUT2D eigenvalue weighted by atomic mass is 16.5. The number of nitrogens with zero attached hydrogens (tertiary/aromatic N) is 2. The molecule has 29 heavy (non-hydrogen) atoms. The van der Waals surface area contributed by atoms with Crippen molar-refractivity contribution in [1.29, 1.82) is 0 Å². The monoisotopic (exact) mass is 392 g/mol. The van der Waals surface area contributed by atoms with Gasteiger partial charge in [0.25, 0.3) is 0 Å². The van der Waals surface area contributed by atoms with E-state index in [-0.39, 0.29) is 11.5 Å². The molecule has 0 spiro atoms. The van der Waals surface area contributed by atoms with E-state index in [1.54, 1.807) is 30.3 Å². The predicted octanol–water partition coefficient (Wildman–Crippen LogP) is 4.01. The van der Waals surface area contributed by atoms with Gasteiger partial charge in [0, 0.05) is 5.56 Å². The zero-order chi connectivity index (χ0) is 20.5. The van der Waals surface area contributed by atoms with E-state index in [9.17, 15) is 4.79 Å². The maximum absolute atomic E-state index is 12.1. The Morgan fingerprint density at radius 3 is 2.45 bits per heavy atom. The van der Waals surface area contributed by atoms with Crippen LogP contribution in [0.15, 0.2) is 73.3 Å². The smallest absolute Gasteiger partial charge is 0.341 e. The van der Waals surface area contributed by atoms with Crippen LogP contribution in [0.4, 0.5) is 0 Å². The van der Waals surface area contributed by atoms with Crippen molar-refractivity contribution in [2.75, 3.05) is 14.2 Å². The molecule has 1 aromatic heterocycles. The maximum atomic E-state index is 12.1. The number of hydrogen-bond acceptors (Lipinski definition) is 7. The van der Waals surface area contributed by atoms with Crippen molar-refractivity contribution in [3.8, 4) is 17.5 Å². The van der Waals surface area contributed by atoms with Crippen LogP contribution in [-0.4, -0.2) is 30.2 Å². The fourth-order valence-corrected chi connectivity index (χ4v) is 2.53. The van der Waals surface area contributed by atoms with Crippen LogP contribution in [0.3, 0.4) is 0 Å². The van der Waals surface area contributed by atoms with Crippen molar-refractivity contribution in [2.45, 2.75) is 6.61 Å². The molecule has 7 nitrogen and oxygen atoms in total. The largest absolute Gasteiger partial charge is 0.503 e. The molecule has 2 aromatic carbocycles. The third-order valence-electron chi connectivity index (χ3n) is 3.88. The summed E-state index contributed by atoms with van der Waals surface area (Å²) in [4.78, 5) is 20.3. The molecule has 148 valence electrons. The molecular formula is C22H20N2O5. The number of carbonyl (C=O) groups is 1. The Balaban J connectivity index is 1.80. The third-order valence-corrected chi connectivity index (χ3v) is 3.88. The Hall–Kier alpha value is -3.87. The summed E-state index contributed by atoms with van der Waals surface area (Å²) in [5.41, 5.74) is 1.75. The molecule has 3 aromatic rings. The molecule has 0 amide bonds. The molecule has 1 heterocycles. The average molecular weight is 392 g/mol. The van der Waals surface area contributed by atoms with Crippen LogP contribution in [0.25, 0.3) is 5.57 Å². The number of hydrogen-bond donors (Lipinski definition) is 0. The minimum atomic E-state index is -0.544. The maximum Gasteiger partial charge on any atom is 0.341 e. The van der Waals surface area contributed by atoms with E-state index in [0.717, 1.165) is 5.56 Å². The predicted molar refractivity (Wildman–Crippen MR) is 106 cm³/mol. The lowest BCUT2D eigenvalue weighted by molar-refractivity contribution is -0.133. The van der Waals surface area contributed by atoms with Crippen molar-refractivity contribution in [3.05, 3.63) is 84.4 Å². The summed E-state index contributed by atoms with van der Waals surface area (Å²) in [6.07, 6.45) is 2.66. The van der Waals surface area contributed by atoms with E-state index in [2.05, 4.69) is 9.97 Å². The van der Waals surface area contributed by atoms with E-state index in [1.165, 1.54) is 26.8 Å². The van der Waals surface area contributed by atoms with Crippen molar-refractivity contribution in [2.24, 2.45) is 0 Å². The number of benzene rings is 2. The number of carbonyl (C=O) groups excluding carboxylic acids is 1. The summed E-state index contributed by atoms with van der Waals surface area (Å²) in [6.45, 7) is 0.372. The van der Waals surface area contributed by atoms with E-state index >= 15 is 0 Å². The van der Waals surface area contributed by atoms with Gasteiger partial charge in [-0.25, -0.2) is 14.8 Å². The quantitative estimate of drug-likeness (QED) is 0.325. The van der Waals surface area contributed by atoms with Gasteiger partial charge >= 0.3 is 5.97 Å². The SMILES string of the molecule is COC=C(C(=O)OC)c1ccccc1Oc1cc(OCc2ccccc2)ncn1. The molecule has 0 unspecified atom stereocenters. The highest BCUT2D eigenvalue weighted by Crippen LogP contribution is 2.31. The van der Waals surface area contributed by atoms with Gasteiger partial charge in [0.1, 0.15) is 24.3 Å². The van der Waals surface area contributed by atoms with E-state index in [1.807, 2.05) is 30.3 Å². The van der Waals surface area contributed by atoms with Crippen LogP contribution in [0.2, 0.25) is 0 Å². The zero-order valence-electron chi connectivity index (χ0n) is 16.1. The van der Waals surface area contributed by atoms with Crippen LogP contribution in [0, 0.1) is 0 Å². The minimum absolute atomic E-state index is 0.222. The molecule has 0 atom stereocenters.